The average molecular weight is 185 g/mol. The number of ether oxygens (including phenoxy) is 1. The predicted octanol–water partition coefficient (Wildman–Crippen LogP) is 2.19. The van der Waals surface area contributed by atoms with Gasteiger partial charge in [0.2, 0.25) is 0 Å². The van der Waals surface area contributed by atoms with Gasteiger partial charge in [-0.15, -0.1) is 0 Å². The van der Waals surface area contributed by atoms with Crippen molar-refractivity contribution in [3.05, 3.63) is 0 Å². The molecule has 0 saturated heterocycles. The van der Waals surface area contributed by atoms with Crippen LogP contribution in [-0.2, 0) is 4.74 Å². The van der Waals surface area contributed by atoms with Crippen LogP contribution in [0.1, 0.15) is 39.5 Å². The Balaban J connectivity index is 1.93. The lowest BCUT2D eigenvalue weighted by Crippen LogP contribution is -2.33. The first-order chi connectivity index (χ1) is 6.36. The molecular formula is C11H23NO. The smallest absolute Gasteiger partial charge is 0.0619 e. The second-order valence-corrected chi connectivity index (χ2v) is 4.04. The quantitative estimate of drug-likeness (QED) is 0.626. The average Bonchev–Trinajstić information content (AvgIpc) is 2.94. The lowest BCUT2D eigenvalue weighted by atomic mass is 10.2. The van der Waals surface area contributed by atoms with Crippen molar-refractivity contribution in [2.75, 3.05) is 19.8 Å². The van der Waals surface area contributed by atoms with Crippen molar-refractivity contribution >= 4 is 0 Å². The molecule has 2 heteroatoms. The van der Waals surface area contributed by atoms with Crippen LogP contribution in [0.15, 0.2) is 0 Å². The van der Waals surface area contributed by atoms with Gasteiger partial charge in [-0.1, -0.05) is 13.8 Å². The molecule has 1 rings (SSSR count). The Bertz CT molecular complexity index is 123. The lowest BCUT2D eigenvalue weighted by Gasteiger charge is -2.16. The first kappa shape index (κ1) is 11.0. The predicted molar refractivity (Wildman–Crippen MR) is 55.9 cm³/mol. The van der Waals surface area contributed by atoms with E-state index in [0.717, 1.165) is 25.7 Å². The Morgan fingerprint density at radius 3 is 2.69 bits per heavy atom. The minimum absolute atomic E-state index is 0.568. The van der Waals surface area contributed by atoms with Crippen LogP contribution in [-0.4, -0.2) is 25.8 Å². The first-order valence-corrected chi connectivity index (χ1v) is 5.68. The van der Waals surface area contributed by atoms with Crippen LogP contribution in [0.25, 0.3) is 0 Å². The van der Waals surface area contributed by atoms with Crippen LogP contribution < -0.4 is 5.32 Å². The molecule has 1 aliphatic rings. The zero-order valence-electron chi connectivity index (χ0n) is 9.01. The minimum Gasteiger partial charge on any atom is -0.380 e. The molecule has 0 spiro atoms. The molecule has 78 valence electrons. The summed E-state index contributed by atoms with van der Waals surface area (Å²) in [4.78, 5) is 0. The van der Waals surface area contributed by atoms with Crippen LogP contribution in [0.5, 0.6) is 0 Å². The highest BCUT2D eigenvalue weighted by Gasteiger charge is 2.21. The Hall–Kier alpha value is -0.0800. The molecule has 0 amide bonds. The van der Waals surface area contributed by atoms with E-state index in [0.29, 0.717) is 6.04 Å². The third-order valence-electron chi connectivity index (χ3n) is 2.55. The molecule has 0 radical (unpaired) electrons. The molecule has 1 saturated carbocycles. The highest BCUT2D eigenvalue weighted by molar-refractivity contribution is 4.72. The number of hydrogen-bond acceptors (Lipinski definition) is 2. The van der Waals surface area contributed by atoms with E-state index in [-0.39, 0.29) is 0 Å². The van der Waals surface area contributed by atoms with E-state index in [9.17, 15) is 0 Å². The maximum absolute atomic E-state index is 5.65. The van der Waals surface area contributed by atoms with E-state index in [4.69, 9.17) is 4.74 Å². The summed E-state index contributed by atoms with van der Waals surface area (Å²) in [6, 6.07) is 0.568. The van der Waals surface area contributed by atoms with Crippen LogP contribution >= 0.6 is 0 Å². The molecule has 0 aliphatic heterocycles. The molecule has 1 fully saturated rings. The van der Waals surface area contributed by atoms with Crippen LogP contribution in [0.3, 0.4) is 0 Å². The summed E-state index contributed by atoms with van der Waals surface area (Å²) >= 11 is 0. The normalized spacial score (nSPS) is 18.9. The molecule has 0 aromatic heterocycles. The van der Waals surface area contributed by atoms with Gasteiger partial charge in [-0.2, -0.15) is 0 Å². The van der Waals surface area contributed by atoms with Gasteiger partial charge in [-0.05, 0) is 38.1 Å². The van der Waals surface area contributed by atoms with E-state index >= 15 is 0 Å². The summed E-state index contributed by atoms with van der Waals surface area (Å²) in [6.45, 7) is 7.42. The number of hydrogen-bond donors (Lipinski definition) is 1. The second-order valence-electron chi connectivity index (χ2n) is 4.04. The SMILES string of the molecule is CCCNC(CC)COCC1CC1. The molecule has 2 nitrogen and oxygen atoms in total. The van der Waals surface area contributed by atoms with Crippen molar-refractivity contribution in [1.29, 1.82) is 0 Å². The van der Waals surface area contributed by atoms with Crippen molar-refractivity contribution in [3.8, 4) is 0 Å². The Morgan fingerprint density at radius 1 is 1.38 bits per heavy atom. The van der Waals surface area contributed by atoms with Gasteiger partial charge < -0.3 is 10.1 Å². The molecule has 0 aromatic rings. The standard InChI is InChI=1S/C11H23NO/c1-3-7-12-11(4-2)9-13-8-10-5-6-10/h10-12H,3-9H2,1-2H3. The number of rotatable bonds is 8. The highest BCUT2D eigenvalue weighted by atomic mass is 16.5. The third-order valence-corrected chi connectivity index (χ3v) is 2.55. The number of nitrogens with one attached hydrogen (secondary N) is 1. The molecule has 0 bridgehead atoms. The minimum atomic E-state index is 0.568. The largest absolute Gasteiger partial charge is 0.380 e. The van der Waals surface area contributed by atoms with E-state index < -0.39 is 0 Å². The summed E-state index contributed by atoms with van der Waals surface area (Å²) in [6.07, 6.45) is 5.15. The summed E-state index contributed by atoms with van der Waals surface area (Å²) in [7, 11) is 0. The van der Waals surface area contributed by atoms with Crippen molar-refractivity contribution in [1.82, 2.24) is 5.32 Å². The van der Waals surface area contributed by atoms with Crippen molar-refractivity contribution in [3.63, 3.8) is 0 Å². The van der Waals surface area contributed by atoms with Crippen LogP contribution in [0.2, 0.25) is 0 Å². The Morgan fingerprint density at radius 2 is 2.15 bits per heavy atom. The topological polar surface area (TPSA) is 21.3 Å². The van der Waals surface area contributed by atoms with Gasteiger partial charge in [-0.25, -0.2) is 0 Å². The molecular weight excluding hydrogens is 162 g/mol. The third kappa shape index (κ3) is 5.27. The van der Waals surface area contributed by atoms with Gasteiger partial charge in [0.15, 0.2) is 0 Å². The monoisotopic (exact) mass is 185 g/mol. The Kier molecular flexibility index (Phi) is 5.40. The fraction of sp³-hybridized carbons (Fsp3) is 1.00. The van der Waals surface area contributed by atoms with Crippen LogP contribution in [0, 0.1) is 5.92 Å². The lowest BCUT2D eigenvalue weighted by molar-refractivity contribution is 0.102. The van der Waals surface area contributed by atoms with Gasteiger partial charge in [0, 0.05) is 12.6 Å². The maximum atomic E-state index is 5.65. The second kappa shape index (κ2) is 6.39. The van der Waals surface area contributed by atoms with Gasteiger partial charge in [0.05, 0.1) is 6.61 Å². The van der Waals surface area contributed by atoms with Crippen LogP contribution in [0.4, 0.5) is 0 Å². The van der Waals surface area contributed by atoms with E-state index in [1.54, 1.807) is 0 Å². The summed E-state index contributed by atoms with van der Waals surface area (Å²) < 4.78 is 5.65. The van der Waals surface area contributed by atoms with Gasteiger partial charge in [0.25, 0.3) is 0 Å². The molecule has 0 aromatic carbocycles. The van der Waals surface area contributed by atoms with Gasteiger partial charge in [0.1, 0.15) is 0 Å². The molecule has 1 atom stereocenters. The fourth-order valence-electron chi connectivity index (χ4n) is 1.33. The van der Waals surface area contributed by atoms with Gasteiger partial charge in [-0.3, -0.25) is 0 Å². The molecule has 13 heavy (non-hydrogen) atoms. The summed E-state index contributed by atoms with van der Waals surface area (Å²) in [5.74, 6) is 0.892. The van der Waals surface area contributed by atoms with Crippen molar-refractivity contribution in [2.24, 2.45) is 5.92 Å². The molecule has 1 unspecified atom stereocenters. The van der Waals surface area contributed by atoms with Crippen molar-refractivity contribution < 1.29 is 4.74 Å². The molecule has 1 aliphatic carbocycles. The zero-order valence-corrected chi connectivity index (χ0v) is 9.01. The molecule has 0 heterocycles. The van der Waals surface area contributed by atoms with E-state index in [1.807, 2.05) is 0 Å². The van der Waals surface area contributed by atoms with Crippen molar-refractivity contribution in [2.45, 2.75) is 45.6 Å². The maximum Gasteiger partial charge on any atom is 0.0619 e. The van der Waals surface area contributed by atoms with E-state index in [1.165, 1.54) is 25.7 Å². The summed E-state index contributed by atoms with van der Waals surface area (Å²) in [5, 5.41) is 3.49. The first-order valence-electron chi connectivity index (χ1n) is 5.68. The van der Waals surface area contributed by atoms with Gasteiger partial charge >= 0.3 is 0 Å². The highest BCUT2D eigenvalue weighted by Crippen LogP contribution is 2.28. The summed E-state index contributed by atoms with van der Waals surface area (Å²) in [5.41, 5.74) is 0. The molecule has 1 N–H and O–H groups in total. The van der Waals surface area contributed by atoms with E-state index in [2.05, 4.69) is 19.2 Å². The zero-order chi connectivity index (χ0) is 9.52. The Labute approximate surface area is 82.0 Å². The fourth-order valence-corrected chi connectivity index (χ4v) is 1.33.